The maximum atomic E-state index is 3.87. The second kappa shape index (κ2) is 15.7. The lowest BCUT2D eigenvalue weighted by Crippen LogP contribution is -1.80. The van der Waals surface area contributed by atoms with E-state index in [1.54, 1.807) is 0 Å². The molecule has 0 spiro atoms. The van der Waals surface area contributed by atoms with Gasteiger partial charge in [-0.2, -0.15) is 0 Å². The van der Waals surface area contributed by atoms with Crippen LogP contribution in [0.2, 0.25) is 0 Å². The van der Waals surface area contributed by atoms with Crippen molar-refractivity contribution in [3.05, 3.63) is 19.1 Å². The third-order valence-corrected chi connectivity index (χ3v) is 3.26. The minimum atomic E-state index is 1.11. The van der Waals surface area contributed by atoms with Crippen molar-refractivity contribution < 1.29 is 0 Å². The second-order valence-electron chi connectivity index (χ2n) is 5.08. The lowest BCUT2D eigenvalue weighted by Gasteiger charge is -1.99. The molecule has 0 aromatic heterocycles. The molecule has 0 atom stereocenters. The van der Waals surface area contributed by atoms with Gasteiger partial charge in [-0.05, 0) is 25.7 Å². The molecule has 0 heterocycles. The second-order valence-corrected chi connectivity index (χ2v) is 5.08. The van der Waals surface area contributed by atoms with Crippen LogP contribution >= 0.6 is 0 Å². The third-order valence-electron chi connectivity index (χ3n) is 3.26. The SMILES string of the molecule is [CH2]CCCCCCCCC/C=C\CCCCC. The Balaban J connectivity index is 2.97. The summed E-state index contributed by atoms with van der Waals surface area (Å²) in [5, 5.41) is 0. The van der Waals surface area contributed by atoms with Gasteiger partial charge in [0.2, 0.25) is 0 Å². The van der Waals surface area contributed by atoms with Gasteiger partial charge in [0.15, 0.2) is 0 Å². The van der Waals surface area contributed by atoms with Crippen molar-refractivity contribution in [1.29, 1.82) is 0 Å². The first kappa shape index (κ1) is 16.7. The van der Waals surface area contributed by atoms with E-state index in [0.717, 1.165) is 6.42 Å². The molecule has 0 aromatic carbocycles. The van der Waals surface area contributed by atoms with Crippen molar-refractivity contribution in [1.82, 2.24) is 0 Å². The summed E-state index contributed by atoms with van der Waals surface area (Å²) < 4.78 is 0. The van der Waals surface area contributed by atoms with Gasteiger partial charge >= 0.3 is 0 Å². The Kier molecular flexibility index (Phi) is 15.5. The van der Waals surface area contributed by atoms with Crippen LogP contribution in [-0.2, 0) is 0 Å². The van der Waals surface area contributed by atoms with Crippen LogP contribution in [0.4, 0.5) is 0 Å². The van der Waals surface area contributed by atoms with E-state index in [0.29, 0.717) is 0 Å². The molecule has 17 heavy (non-hydrogen) atoms. The van der Waals surface area contributed by atoms with Crippen molar-refractivity contribution in [3.63, 3.8) is 0 Å². The van der Waals surface area contributed by atoms with Gasteiger partial charge in [0.05, 0.1) is 0 Å². The highest BCUT2D eigenvalue weighted by molar-refractivity contribution is 4.81. The Morgan fingerprint density at radius 1 is 0.647 bits per heavy atom. The summed E-state index contributed by atoms with van der Waals surface area (Å²) in [6, 6.07) is 0. The molecule has 0 aromatic rings. The molecule has 0 fully saturated rings. The van der Waals surface area contributed by atoms with Gasteiger partial charge in [0, 0.05) is 0 Å². The molecule has 0 bridgehead atoms. The molecular weight excluding hydrogens is 204 g/mol. The van der Waals surface area contributed by atoms with Crippen LogP contribution in [0.25, 0.3) is 0 Å². The molecule has 0 N–H and O–H groups in total. The maximum Gasteiger partial charge on any atom is -0.0351 e. The Bertz CT molecular complexity index is 146. The molecule has 0 amide bonds. The molecule has 0 unspecified atom stereocenters. The van der Waals surface area contributed by atoms with E-state index in [2.05, 4.69) is 26.0 Å². The van der Waals surface area contributed by atoms with E-state index in [1.807, 2.05) is 0 Å². The molecule has 0 saturated carbocycles. The van der Waals surface area contributed by atoms with Gasteiger partial charge in [-0.3, -0.25) is 0 Å². The first-order chi connectivity index (χ1) is 8.41. The molecule has 0 aliphatic carbocycles. The van der Waals surface area contributed by atoms with Crippen LogP contribution in [0, 0.1) is 6.92 Å². The number of rotatable bonds is 13. The van der Waals surface area contributed by atoms with E-state index in [4.69, 9.17) is 0 Å². The lowest BCUT2D eigenvalue weighted by molar-refractivity contribution is 0.583. The van der Waals surface area contributed by atoms with Gasteiger partial charge in [-0.15, -0.1) is 0 Å². The largest absolute Gasteiger partial charge is 0.0885 e. The fraction of sp³-hybridized carbons (Fsp3) is 0.824. The van der Waals surface area contributed by atoms with E-state index in [9.17, 15) is 0 Å². The van der Waals surface area contributed by atoms with Gasteiger partial charge in [-0.1, -0.05) is 83.8 Å². The van der Waals surface area contributed by atoms with Crippen molar-refractivity contribution >= 4 is 0 Å². The highest BCUT2D eigenvalue weighted by atomic mass is 14.0. The summed E-state index contributed by atoms with van der Waals surface area (Å²) in [6.07, 6.45) is 22.4. The zero-order valence-corrected chi connectivity index (χ0v) is 12.1. The normalized spacial score (nSPS) is 11.4. The Hall–Kier alpha value is -0.260. The monoisotopic (exact) mass is 237 g/mol. The van der Waals surface area contributed by atoms with Gasteiger partial charge in [0.1, 0.15) is 0 Å². The molecule has 0 heteroatoms. The number of hydrogen-bond acceptors (Lipinski definition) is 0. The van der Waals surface area contributed by atoms with E-state index >= 15 is 0 Å². The molecule has 0 aliphatic heterocycles. The van der Waals surface area contributed by atoms with Crippen LogP contribution < -0.4 is 0 Å². The lowest BCUT2D eigenvalue weighted by atomic mass is 10.1. The smallest absolute Gasteiger partial charge is 0.0351 e. The summed E-state index contributed by atoms with van der Waals surface area (Å²) >= 11 is 0. The van der Waals surface area contributed by atoms with Crippen molar-refractivity contribution in [2.75, 3.05) is 0 Å². The van der Waals surface area contributed by atoms with E-state index < -0.39 is 0 Å². The fourth-order valence-electron chi connectivity index (χ4n) is 2.07. The number of allylic oxidation sites excluding steroid dienone is 2. The molecule has 0 saturated heterocycles. The first-order valence-corrected chi connectivity index (χ1v) is 7.86. The first-order valence-electron chi connectivity index (χ1n) is 7.86. The summed E-state index contributed by atoms with van der Waals surface area (Å²) in [6.45, 7) is 6.14. The summed E-state index contributed by atoms with van der Waals surface area (Å²) in [4.78, 5) is 0. The van der Waals surface area contributed by atoms with Crippen molar-refractivity contribution in [2.45, 2.75) is 90.4 Å². The minimum Gasteiger partial charge on any atom is -0.0885 e. The topological polar surface area (TPSA) is 0 Å². The predicted molar refractivity (Wildman–Crippen MR) is 80.2 cm³/mol. The Morgan fingerprint density at radius 2 is 1.12 bits per heavy atom. The zero-order valence-electron chi connectivity index (χ0n) is 12.1. The highest BCUT2D eigenvalue weighted by Crippen LogP contribution is 2.10. The minimum absolute atomic E-state index is 1.11. The predicted octanol–water partition coefficient (Wildman–Crippen LogP) is 6.47. The van der Waals surface area contributed by atoms with Gasteiger partial charge in [0.25, 0.3) is 0 Å². The highest BCUT2D eigenvalue weighted by Gasteiger charge is 1.90. The third kappa shape index (κ3) is 15.7. The average molecular weight is 237 g/mol. The van der Waals surface area contributed by atoms with Crippen LogP contribution in [0.5, 0.6) is 0 Å². The maximum absolute atomic E-state index is 3.87. The standard InChI is InChI=1S/C17H33/c1-3-5-7-9-11-13-15-17-16-14-12-10-8-6-4-2/h12,14H,1,3-11,13,15-17H2,2H3/b14-12-. The van der Waals surface area contributed by atoms with Crippen LogP contribution in [0.3, 0.4) is 0 Å². The van der Waals surface area contributed by atoms with Crippen molar-refractivity contribution in [3.8, 4) is 0 Å². The van der Waals surface area contributed by atoms with Gasteiger partial charge < -0.3 is 0 Å². The fourth-order valence-corrected chi connectivity index (χ4v) is 2.07. The molecule has 101 valence electrons. The van der Waals surface area contributed by atoms with Crippen LogP contribution in [-0.4, -0.2) is 0 Å². The number of hydrogen-bond donors (Lipinski definition) is 0. The van der Waals surface area contributed by atoms with Crippen LogP contribution in [0.1, 0.15) is 90.4 Å². The van der Waals surface area contributed by atoms with Crippen molar-refractivity contribution in [2.24, 2.45) is 0 Å². The summed E-state index contributed by atoms with van der Waals surface area (Å²) in [7, 11) is 0. The molecular formula is C17H33. The summed E-state index contributed by atoms with van der Waals surface area (Å²) in [5.41, 5.74) is 0. The molecule has 0 nitrogen and oxygen atoms in total. The molecule has 0 aliphatic rings. The van der Waals surface area contributed by atoms with E-state index in [-0.39, 0.29) is 0 Å². The molecule has 1 radical (unpaired) electrons. The number of unbranched alkanes of at least 4 members (excludes halogenated alkanes) is 11. The quantitative estimate of drug-likeness (QED) is 0.254. The average Bonchev–Trinajstić information content (AvgIpc) is 2.35. The van der Waals surface area contributed by atoms with Gasteiger partial charge in [-0.25, -0.2) is 0 Å². The zero-order chi connectivity index (χ0) is 12.6. The Labute approximate surface area is 110 Å². The Morgan fingerprint density at radius 3 is 1.65 bits per heavy atom. The van der Waals surface area contributed by atoms with Crippen LogP contribution in [0.15, 0.2) is 12.2 Å². The van der Waals surface area contributed by atoms with E-state index in [1.165, 1.54) is 77.0 Å². The molecule has 0 rings (SSSR count). The summed E-state index contributed by atoms with van der Waals surface area (Å²) in [5.74, 6) is 0.